The Morgan fingerprint density at radius 3 is 2.45 bits per heavy atom. The first-order chi connectivity index (χ1) is 16.0. The molecule has 0 fully saturated rings. The van der Waals surface area contributed by atoms with E-state index in [4.69, 9.17) is 11.6 Å². The lowest BCUT2D eigenvalue weighted by atomic mass is 9.94. The van der Waals surface area contributed by atoms with E-state index in [-0.39, 0.29) is 5.82 Å². The van der Waals surface area contributed by atoms with Gasteiger partial charge in [0.25, 0.3) is 0 Å². The van der Waals surface area contributed by atoms with Gasteiger partial charge in [-0.2, -0.15) is 0 Å². The number of para-hydroxylation sites is 1. The van der Waals surface area contributed by atoms with Gasteiger partial charge in [-0.15, -0.1) is 0 Å². The number of rotatable bonds is 6. The largest absolute Gasteiger partial charge is 0.349 e. The third-order valence-corrected chi connectivity index (χ3v) is 7.96. The zero-order chi connectivity index (χ0) is 23.0. The summed E-state index contributed by atoms with van der Waals surface area (Å²) in [5, 5.41) is 1.93. The van der Waals surface area contributed by atoms with Crippen LogP contribution in [0.25, 0.3) is 17.0 Å². The summed E-state index contributed by atoms with van der Waals surface area (Å²) < 4.78 is 15.3. The maximum atomic E-state index is 13.6. The molecule has 0 amide bonds. The molecule has 0 spiro atoms. The molecule has 5 rings (SSSR count). The molecule has 0 saturated carbocycles. The molecule has 1 unspecified atom stereocenters. The molecule has 33 heavy (non-hydrogen) atoms. The second-order valence-corrected chi connectivity index (χ2v) is 10.0. The quantitative estimate of drug-likeness (QED) is 0.182. The van der Waals surface area contributed by atoms with Crippen LogP contribution in [0, 0.1) is 5.82 Å². The van der Waals surface area contributed by atoms with Crippen molar-refractivity contribution in [2.24, 2.45) is 0 Å². The van der Waals surface area contributed by atoms with Crippen molar-refractivity contribution in [1.29, 1.82) is 0 Å². The van der Waals surface area contributed by atoms with E-state index in [2.05, 4.69) is 74.9 Å². The Morgan fingerprint density at radius 2 is 1.70 bits per heavy atom. The van der Waals surface area contributed by atoms with Gasteiger partial charge in [0.05, 0.1) is 5.69 Å². The Hall–Kier alpha value is -2.56. The molecule has 0 saturated heterocycles. The zero-order valence-electron chi connectivity index (χ0n) is 18.4. The van der Waals surface area contributed by atoms with Crippen LogP contribution in [0.4, 0.5) is 4.39 Å². The molecular formula is C28H25BrClFN2. The molecule has 1 atom stereocenters. The SMILES string of the molecule is CCCCn1c2c(c3ccccc31)C=CN(Cc1ccc(F)cc1)C2(Br)c1ccccc1Cl. The van der Waals surface area contributed by atoms with E-state index in [1.54, 1.807) is 0 Å². The Balaban J connectivity index is 1.76. The number of halogens is 3. The average Bonchev–Trinajstić information content (AvgIpc) is 3.16. The Bertz CT molecular complexity index is 1330. The van der Waals surface area contributed by atoms with E-state index >= 15 is 0 Å². The highest BCUT2D eigenvalue weighted by molar-refractivity contribution is 9.09. The van der Waals surface area contributed by atoms with Gasteiger partial charge >= 0.3 is 0 Å². The second-order valence-electron chi connectivity index (χ2n) is 8.46. The Kier molecular flexibility index (Phi) is 6.07. The number of alkyl halides is 1. The molecule has 1 aliphatic heterocycles. The van der Waals surface area contributed by atoms with Crippen LogP contribution < -0.4 is 0 Å². The fourth-order valence-electron chi connectivity index (χ4n) is 4.77. The number of benzene rings is 3. The molecule has 168 valence electrons. The van der Waals surface area contributed by atoms with Crippen molar-refractivity contribution < 1.29 is 4.39 Å². The van der Waals surface area contributed by atoms with Crippen molar-refractivity contribution in [3.63, 3.8) is 0 Å². The summed E-state index contributed by atoms with van der Waals surface area (Å²) in [7, 11) is 0. The van der Waals surface area contributed by atoms with E-state index in [9.17, 15) is 4.39 Å². The molecular weight excluding hydrogens is 499 g/mol. The van der Waals surface area contributed by atoms with Gasteiger partial charge < -0.3 is 9.47 Å². The van der Waals surface area contributed by atoms with Gasteiger partial charge in [0.1, 0.15) is 5.82 Å². The van der Waals surface area contributed by atoms with Crippen LogP contribution in [0.2, 0.25) is 5.02 Å². The minimum atomic E-state index is -0.684. The van der Waals surface area contributed by atoms with Gasteiger partial charge in [0.15, 0.2) is 4.45 Å². The van der Waals surface area contributed by atoms with Crippen LogP contribution in [-0.4, -0.2) is 9.47 Å². The summed E-state index contributed by atoms with van der Waals surface area (Å²) in [5.41, 5.74) is 5.61. The van der Waals surface area contributed by atoms with Gasteiger partial charge in [-0.1, -0.05) is 73.5 Å². The third-order valence-electron chi connectivity index (χ3n) is 6.37. The summed E-state index contributed by atoms with van der Waals surface area (Å²) >= 11 is 11.0. The maximum Gasteiger partial charge on any atom is 0.164 e. The van der Waals surface area contributed by atoms with Crippen LogP contribution in [0.5, 0.6) is 0 Å². The Labute approximate surface area is 207 Å². The van der Waals surface area contributed by atoms with Crippen molar-refractivity contribution in [2.45, 2.75) is 37.3 Å². The third kappa shape index (κ3) is 3.79. The first kappa shape index (κ1) is 22.2. The summed E-state index contributed by atoms with van der Waals surface area (Å²) in [5.74, 6) is -0.230. The number of aromatic nitrogens is 1. The molecule has 1 aromatic heterocycles. The smallest absolute Gasteiger partial charge is 0.164 e. The molecule has 3 aromatic carbocycles. The van der Waals surface area contributed by atoms with Crippen LogP contribution in [-0.2, 0) is 17.5 Å². The Morgan fingerprint density at radius 1 is 0.970 bits per heavy atom. The molecule has 0 aliphatic carbocycles. The normalized spacial score (nSPS) is 17.5. The minimum Gasteiger partial charge on any atom is -0.349 e. The molecule has 0 radical (unpaired) electrons. The van der Waals surface area contributed by atoms with Crippen molar-refractivity contribution >= 4 is 44.5 Å². The van der Waals surface area contributed by atoms with Crippen LogP contribution in [0.1, 0.15) is 42.1 Å². The highest BCUT2D eigenvalue weighted by Gasteiger charge is 2.44. The van der Waals surface area contributed by atoms with E-state index < -0.39 is 4.45 Å². The summed E-state index contributed by atoms with van der Waals surface area (Å²) in [6, 6.07) is 23.3. The number of hydrogen-bond donors (Lipinski definition) is 0. The van der Waals surface area contributed by atoms with Crippen molar-refractivity contribution in [2.75, 3.05) is 0 Å². The summed E-state index contributed by atoms with van der Waals surface area (Å²) in [4.78, 5) is 2.26. The van der Waals surface area contributed by atoms with Gasteiger partial charge in [-0.3, -0.25) is 0 Å². The minimum absolute atomic E-state index is 0.230. The van der Waals surface area contributed by atoms with Crippen LogP contribution in [0.15, 0.2) is 79.0 Å². The highest BCUT2D eigenvalue weighted by atomic mass is 79.9. The van der Waals surface area contributed by atoms with Crippen LogP contribution >= 0.6 is 27.5 Å². The molecule has 2 heterocycles. The summed E-state index contributed by atoms with van der Waals surface area (Å²) in [6.45, 7) is 3.73. The number of nitrogens with zero attached hydrogens (tertiary/aromatic N) is 2. The highest BCUT2D eigenvalue weighted by Crippen LogP contribution is 2.51. The van der Waals surface area contributed by atoms with E-state index in [1.807, 2.05) is 30.3 Å². The second kappa shape index (κ2) is 9.00. The predicted molar refractivity (Wildman–Crippen MR) is 139 cm³/mol. The lowest BCUT2D eigenvalue weighted by Crippen LogP contribution is -2.42. The van der Waals surface area contributed by atoms with Crippen molar-refractivity contribution in [1.82, 2.24) is 9.47 Å². The van der Waals surface area contributed by atoms with E-state index in [0.717, 1.165) is 30.5 Å². The predicted octanol–water partition coefficient (Wildman–Crippen LogP) is 8.32. The summed E-state index contributed by atoms with van der Waals surface area (Å²) in [6.07, 6.45) is 6.51. The fraction of sp³-hybridized carbons (Fsp3) is 0.214. The molecule has 2 nitrogen and oxygen atoms in total. The number of aryl methyl sites for hydroxylation is 1. The number of fused-ring (bicyclic) bond motifs is 3. The van der Waals surface area contributed by atoms with Crippen molar-refractivity contribution in [3.05, 3.63) is 112 Å². The van der Waals surface area contributed by atoms with Gasteiger partial charge in [0.2, 0.25) is 0 Å². The van der Waals surface area contributed by atoms with E-state index in [0.29, 0.717) is 11.6 Å². The van der Waals surface area contributed by atoms with Crippen molar-refractivity contribution in [3.8, 4) is 0 Å². The standard InChI is InChI=1S/C28H25BrClFN2/c1-2-3-17-33-26-11-7-4-8-22(26)23-16-18-32(19-20-12-14-21(31)15-13-20)28(29,27(23)33)24-9-5-6-10-25(24)30/h4-16,18H,2-3,17,19H2,1H3. The molecule has 0 bridgehead atoms. The number of unbranched alkanes of at least 4 members (excludes halogenated alkanes) is 1. The maximum absolute atomic E-state index is 13.6. The zero-order valence-corrected chi connectivity index (χ0v) is 20.8. The fourth-order valence-corrected chi connectivity index (χ4v) is 6.17. The molecule has 4 aromatic rings. The van der Waals surface area contributed by atoms with Gasteiger partial charge in [-0.05, 0) is 58.3 Å². The topological polar surface area (TPSA) is 8.17 Å². The van der Waals surface area contributed by atoms with E-state index in [1.165, 1.54) is 34.3 Å². The number of hydrogen-bond acceptors (Lipinski definition) is 1. The lowest BCUT2D eigenvalue weighted by molar-refractivity contribution is 0.268. The monoisotopic (exact) mass is 522 g/mol. The van der Waals surface area contributed by atoms with Gasteiger partial charge in [-0.25, -0.2) is 4.39 Å². The molecule has 0 N–H and O–H groups in total. The first-order valence-corrected chi connectivity index (χ1v) is 12.5. The van der Waals surface area contributed by atoms with Crippen LogP contribution in [0.3, 0.4) is 0 Å². The first-order valence-electron chi connectivity index (χ1n) is 11.3. The lowest BCUT2D eigenvalue weighted by Gasteiger charge is -2.43. The van der Waals surface area contributed by atoms with Gasteiger partial charge in [0, 0.05) is 46.3 Å². The molecule has 5 heteroatoms. The average molecular weight is 524 g/mol. The molecule has 1 aliphatic rings.